The zero-order valence-corrected chi connectivity index (χ0v) is 15.4. The quantitative estimate of drug-likeness (QED) is 0.786. The smallest absolute Gasteiger partial charge is 0.261 e. The largest absolute Gasteiger partial charge is 0.491 e. The third-order valence-corrected chi connectivity index (χ3v) is 3.79. The number of rotatable bonds is 8. The topological polar surface area (TPSA) is 47.6 Å². The van der Waals surface area contributed by atoms with E-state index in [9.17, 15) is 4.79 Å². The molecule has 2 aromatic rings. The molecule has 0 heterocycles. The molecule has 0 saturated heterocycles. The SMILES string of the molecule is CCc1ccccc1OC(C)C(=O)NCc1ccc(OC(C)C)cc1. The van der Waals surface area contributed by atoms with Crippen LogP contribution in [0.25, 0.3) is 0 Å². The maximum Gasteiger partial charge on any atom is 0.261 e. The van der Waals surface area contributed by atoms with Gasteiger partial charge in [-0.2, -0.15) is 0 Å². The third kappa shape index (κ3) is 5.82. The van der Waals surface area contributed by atoms with Crippen LogP contribution >= 0.6 is 0 Å². The molecule has 1 amide bonds. The molecular formula is C21H27NO3. The minimum absolute atomic E-state index is 0.131. The highest BCUT2D eigenvalue weighted by Crippen LogP contribution is 2.20. The lowest BCUT2D eigenvalue weighted by molar-refractivity contribution is -0.127. The molecule has 0 aliphatic carbocycles. The number of aryl methyl sites for hydroxylation is 1. The highest BCUT2D eigenvalue weighted by molar-refractivity contribution is 5.80. The van der Waals surface area contributed by atoms with Crippen molar-refractivity contribution in [3.8, 4) is 11.5 Å². The molecule has 2 rings (SSSR count). The molecule has 134 valence electrons. The zero-order chi connectivity index (χ0) is 18.2. The van der Waals surface area contributed by atoms with E-state index in [4.69, 9.17) is 9.47 Å². The van der Waals surface area contributed by atoms with Crippen LogP contribution < -0.4 is 14.8 Å². The van der Waals surface area contributed by atoms with Crippen LogP contribution in [-0.4, -0.2) is 18.1 Å². The van der Waals surface area contributed by atoms with Crippen molar-refractivity contribution in [2.24, 2.45) is 0 Å². The molecule has 0 aliphatic heterocycles. The lowest BCUT2D eigenvalue weighted by Crippen LogP contribution is -2.36. The summed E-state index contributed by atoms with van der Waals surface area (Å²) in [7, 11) is 0. The molecule has 1 N–H and O–H groups in total. The lowest BCUT2D eigenvalue weighted by atomic mass is 10.1. The number of benzene rings is 2. The number of amides is 1. The molecule has 25 heavy (non-hydrogen) atoms. The van der Waals surface area contributed by atoms with Crippen molar-refractivity contribution < 1.29 is 14.3 Å². The van der Waals surface area contributed by atoms with E-state index in [1.807, 2.05) is 62.4 Å². The summed E-state index contributed by atoms with van der Waals surface area (Å²) in [5, 5.41) is 2.91. The fourth-order valence-corrected chi connectivity index (χ4v) is 2.45. The third-order valence-electron chi connectivity index (χ3n) is 3.79. The molecule has 0 radical (unpaired) electrons. The normalized spacial score (nSPS) is 11.9. The second-order valence-electron chi connectivity index (χ2n) is 6.25. The van der Waals surface area contributed by atoms with Gasteiger partial charge in [-0.25, -0.2) is 0 Å². The minimum Gasteiger partial charge on any atom is -0.491 e. The summed E-state index contributed by atoms with van der Waals surface area (Å²) in [6, 6.07) is 15.5. The molecule has 0 spiro atoms. The standard InChI is InChI=1S/C21H27NO3/c1-5-18-8-6-7-9-20(18)25-16(4)21(23)22-14-17-10-12-19(13-11-17)24-15(2)3/h6-13,15-16H,5,14H2,1-4H3,(H,22,23). The van der Waals surface area contributed by atoms with Gasteiger partial charge in [-0.1, -0.05) is 37.3 Å². The summed E-state index contributed by atoms with van der Waals surface area (Å²) < 4.78 is 11.4. The van der Waals surface area contributed by atoms with Crippen LogP contribution in [0.1, 0.15) is 38.8 Å². The molecule has 1 atom stereocenters. The van der Waals surface area contributed by atoms with E-state index < -0.39 is 6.10 Å². The van der Waals surface area contributed by atoms with E-state index in [1.54, 1.807) is 6.92 Å². The minimum atomic E-state index is -0.545. The molecule has 0 bridgehead atoms. The first-order chi connectivity index (χ1) is 12.0. The van der Waals surface area contributed by atoms with Crippen LogP contribution in [0.2, 0.25) is 0 Å². The van der Waals surface area contributed by atoms with Crippen LogP contribution in [0.5, 0.6) is 11.5 Å². The molecule has 0 saturated carbocycles. The van der Waals surface area contributed by atoms with Gasteiger partial charge in [0.25, 0.3) is 5.91 Å². The predicted octanol–water partition coefficient (Wildman–Crippen LogP) is 4.12. The summed E-state index contributed by atoms with van der Waals surface area (Å²) in [6.07, 6.45) is 0.473. The van der Waals surface area contributed by atoms with Gasteiger partial charge >= 0.3 is 0 Å². The van der Waals surface area contributed by atoms with Gasteiger partial charge in [0.15, 0.2) is 6.10 Å². The van der Waals surface area contributed by atoms with Gasteiger partial charge in [0.05, 0.1) is 6.10 Å². The fourth-order valence-electron chi connectivity index (χ4n) is 2.45. The van der Waals surface area contributed by atoms with E-state index in [1.165, 1.54) is 0 Å². The Hall–Kier alpha value is -2.49. The highest BCUT2D eigenvalue weighted by atomic mass is 16.5. The van der Waals surface area contributed by atoms with Crippen LogP contribution in [0, 0.1) is 0 Å². The van der Waals surface area contributed by atoms with Crippen molar-refractivity contribution in [3.05, 3.63) is 59.7 Å². The molecule has 0 aliphatic rings. The maximum atomic E-state index is 12.3. The Bertz CT molecular complexity index is 680. The number of ether oxygens (including phenoxy) is 2. The molecule has 1 unspecified atom stereocenters. The van der Waals surface area contributed by atoms with E-state index in [-0.39, 0.29) is 12.0 Å². The summed E-state index contributed by atoms with van der Waals surface area (Å²) in [4.78, 5) is 12.3. The van der Waals surface area contributed by atoms with Crippen molar-refractivity contribution in [2.75, 3.05) is 0 Å². The van der Waals surface area contributed by atoms with Gasteiger partial charge in [-0.05, 0) is 56.5 Å². The van der Waals surface area contributed by atoms with Gasteiger partial charge in [-0.15, -0.1) is 0 Å². The molecule has 2 aromatic carbocycles. The Morgan fingerprint density at radius 2 is 1.68 bits per heavy atom. The number of carbonyl (C=O) groups excluding carboxylic acids is 1. The number of hydrogen-bond acceptors (Lipinski definition) is 3. The van der Waals surface area contributed by atoms with Crippen molar-refractivity contribution in [1.29, 1.82) is 0 Å². The second kappa shape index (κ2) is 9.11. The lowest BCUT2D eigenvalue weighted by Gasteiger charge is -2.17. The first-order valence-corrected chi connectivity index (χ1v) is 8.77. The monoisotopic (exact) mass is 341 g/mol. The first kappa shape index (κ1) is 18.8. The molecule has 0 fully saturated rings. The van der Waals surface area contributed by atoms with Gasteiger partial charge in [0.2, 0.25) is 0 Å². The average molecular weight is 341 g/mol. The Morgan fingerprint density at radius 3 is 2.32 bits per heavy atom. The van der Waals surface area contributed by atoms with Crippen LogP contribution in [0.15, 0.2) is 48.5 Å². The molecule has 0 aromatic heterocycles. The first-order valence-electron chi connectivity index (χ1n) is 8.77. The second-order valence-corrected chi connectivity index (χ2v) is 6.25. The van der Waals surface area contributed by atoms with E-state index in [0.29, 0.717) is 6.54 Å². The number of para-hydroxylation sites is 1. The summed E-state index contributed by atoms with van der Waals surface area (Å²) in [6.45, 7) is 8.28. The van der Waals surface area contributed by atoms with Crippen molar-refractivity contribution in [2.45, 2.75) is 52.9 Å². The number of hydrogen-bond donors (Lipinski definition) is 1. The molecular weight excluding hydrogens is 314 g/mol. The van der Waals surface area contributed by atoms with Crippen molar-refractivity contribution in [1.82, 2.24) is 5.32 Å². The summed E-state index contributed by atoms with van der Waals surface area (Å²) >= 11 is 0. The molecule has 4 heteroatoms. The van der Waals surface area contributed by atoms with E-state index >= 15 is 0 Å². The van der Waals surface area contributed by atoms with E-state index in [2.05, 4.69) is 12.2 Å². The average Bonchev–Trinajstić information content (AvgIpc) is 2.60. The van der Waals surface area contributed by atoms with Gasteiger partial charge in [0, 0.05) is 6.54 Å². The van der Waals surface area contributed by atoms with E-state index in [0.717, 1.165) is 29.0 Å². The van der Waals surface area contributed by atoms with Gasteiger partial charge in [-0.3, -0.25) is 4.79 Å². The summed E-state index contributed by atoms with van der Waals surface area (Å²) in [5.41, 5.74) is 2.12. The highest BCUT2D eigenvalue weighted by Gasteiger charge is 2.15. The predicted molar refractivity (Wildman–Crippen MR) is 100.0 cm³/mol. The summed E-state index contributed by atoms with van der Waals surface area (Å²) in [5.74, 6) is 1.47. The Kier molecular flexibility index (Phi) is 6.87. The number of nitrogens with one attached hydrogen (secondary N) is 1. The van der Waals surface area contributed by atoms with Crippen molar-refractivity contribution >= 4 is 5.91 Å². The van der Waals surface area contributed by atoms with Gasteiger partial charge in [0.1, 0.15) is 11.5 Å². The Balaban J connectivity index is 1.86. The zero-order valence-electron chi connectivity index (χ0n) is 15.4. The Labute approximate surface area is 150 Å². The maximum absolute atomic E-state index is 12.3. The molecule has 4 nitrogen and oxygen atoms in total. The van der Waals surface area contributed by atoms with Crippen molar-refractivity contribution in [3.63, 3.8) is 0 Å². The fraction of sp³-hybridized carbons (Fsp3) is 0.381. The van der Waals surface area contributed by atoms with Crippen LogP contribution in [0.3, 0.4) is 0 Å². The van der Waals surface area contributed by atoms with Crippen LogP contribution in [-0.2, 0) is 17.8 Å². The number of carbonyl (C=O) groups is 1. The Morgan fingerprint density at radius 1 is 1.00 bits per heavy atom. The van der Waals surface area contributed by atoms with Crippen LogP contribution in [0.4, 0.5) is 0 Å². The van der Waals surface area contributed by atoms with Gasteiger partial charge < -0.3 is 14.8 Å².